The van der Waals surface area contributed by atoms with Crippen molar-refractivity contribution >= 4 is 34.5 Å². The fraction of sp³-hybridized carbons (Fsp3) is 0.467. The second kappa shape index (κ2) is 6.11. The third-order valence-corrected chi connectivity index (χ3v) is 4.80. The van der Waals surface area contributed by atoms with Gasteiger partial charge in [-0.3, -0.25) is 9.59 Å². The Kier molecular flexibility index (Phi) is 4.67. The number of carboxylic acids is 1. The van der Waals surface area contributed by atoms with Gasteiger partial charge < -0.3 is 10.0 Å². The molecular weight excluding hydrogens is 369 g/mol. The predicted octanol–water partition coefficient (Wildman–Crippen LogP) is 3.01. The molecule has 20 heavy (non-hydrogen) atoms. The normalized spacial score (nSPS) is 22.6. The summed E-state index contributed by atoms with van der Waals surface area (Å²) in [6, 6.07) is 7.38. The molecule has 1 aliphatic heterocycles. The quantitative estimate of drug-likeness (QED) is 0.812. The molecule has 1 unspecified atom stereocenters. The third-order valence-electron chi connectivity index (χ3n) is 4.09. The maximum atomic E-state index is 12.5. The summed E-state index contributed by atoms with van der Waals surface area (Å²) >= 11 is 2.19. The first-order chi connectivity index (χ1) is 9.48. The van der Waals surface area contributed by atoms with Crippen molar-refractivity contribution < 1.29 is 14.7 Å². The SMILES string of the molecule is CCC1(C(=O)O)CCCN(C(=O)c2ccc(I)cc2)C1. The molecule has 1 fully saturated rings. The topological polar surface area (TPSA) is 57.6 Å². The van der Waals surface area contributed by atoms with E-state index in [1.54, 1.807) is 17.0 Å². The lowest BCUT2D eigenvalue weighted by atomic mass is 9.77. The van der Waals surface area contributed by atoms with Crippen LogP contribution in [0.3, 0.4) is 0 Å². The molecule has 1 aromatic carbocycles. The number of likely N-dealkylation sites (tertiary alicyclic amines) is 1. The van der Waals surface area contributed by atoms with Crippen LogP contribution in [0.5, 0.6) is 0 Å². The highest BCUT2D eigenvalue weighted by Crippen LogP contribution is 2.34. The molecule has 1 aliphatic rings. The lowest BCUT2D eigenvalue weighted by Gasteiger charge is -2.39. The maximum absolute atomic E-state index is 12.5. The zero-order chi connectivity index (χ0) is 14.8. The Morgan fingerprint density at radius 3 is 2.55 bits per heavy atom. The number of carbonyl (C=O) groups is 2. The highest BCUT2D eigenvalue weighted by Gasteiger charge is 2.42. The average molecular weight is 387 g/mol. The molecule has 0 radical (unpaired) electrons. The van der Waals surface area contributed by atoms with Crippen LogP contribution in [0, 0.1) is 8.99 Å². The summed E-state index contributed by atoms with van der Waals surface area (Å²) in [6.45, 7) is 2.83. The number of carboxylic acid groups (broad SMARTS) is 1. The first kappa shape index (κ1) is 15.3. The molecule has 0 saturated carbocycles. The average Bonchev–Trinajstić information content (AvgIpc) is 2.47. The summed E-state index contributed by atoms with van der Waals surface area (Å²) in [4.78, 5) is 25.7. The number of halogens is 1. The molecule has 0 aliphatic carbocycles. The maximum Gasteiger partial charge on any atom is 0.311 e. The predicted molar refractivity (Wildman–Crippen MR) is 84.7 cm³/mol. The summed E-state index contributed by atoms with van der Waals surface area (Å²) in [5, 5.41) is 9.46. The van der Waals surface area contributed by atoms with Gasteiger partial charge in [-0.1, -0.05) is 6.92 Å². The lowest BCUT2D eigenvalue weighted by Crippen LogP contribution is -2.49. The standard InChI is InChI=1S/C15H18INO3/c1-2-15(14(19)20)8-3-9-17(10-15)13(18)11-4-6-12(16)7-5-11/h4-7H,2-3,8-10H2,1H3,(H,19,20). The van der Waals surface area contributed by atoms with Crippen LogP contribution in [0.1, 0.15) is 36.5 Å². The van der Waals surface area contributed by atoms with Gasteiger partial charge >= 0.3 is 5.97 Å². The first-order valence-corrected chi connectivity index (χ1v) is 7.84. The van der Waals surface area contributed by atoms with Crippen LogP contribution in [-0.2, 0) is 4.79 Å². The van der Waals surface area contributed by atoms with Crippen LogP contribution in [0.25, 0.3) is 0 Å². The number of carbonyl (C=O) groups excluding carboxylic acids is 1. The van der Waals surface area contributed by atoms with Crippen LogP contribution in [0.2, 0.25) is 0 Å². The van der Waals surface area contributed by atoms with Crippen LogP contribution >= 0.6 is 22.6 Å². The van der Waals surface area contributed by atoms with Crippen molar-refractivity contribution in [1.82, 2.24) is 4.90 Å². The molecule has 1 amide bonds. The Morgan fingerprint density at radius 1 is 1.35 bits per heavy atom. The molecule has 0 spiro atoms. The van der Waals surface area contributed by atoms with E-state index in [2.05, 4.69) is 22.6 Å². The minimum Gasteiger partial charge on any atom is -0.481 e. The fourth-order valence-corrected chi connectivity index (χ4v) is 3.05. The molecule has 1 saturated heterocycles. The number of nitrogens with zero attached hydrogens (tertiary/aromatic N) is 1. The van der Waals surface area contributed by atoms with E-state index in [1.165, 1.54) is 0 Å². The molecule has 2 rings (SSSR count). The molecule has 5 heteroatoms. The third kappa shape index (κ3) is 2.97. The molecular formula is C15H18INO3. The van der Waals surface area contributed by atoms with Gasteiger partial charge in [-0.05, 0) is 66.1 Å². The van der Waals surface area contributed by atoms with Crippen LogP contribution in [0.4, 0.5) is 0 Å². The van der Waals surface area contributed by atoms with Crippen molar-refractivity contribution in [3.8, 4) is 0 Å². The van der Waals surface area contributed by atoms with E-state index in [4.69, 9.17) is 0 Å². The second-order valence-electron chi connectivity index (χ2n) is 5.28. The largest absolute Gasteiger partial charge is 0.481 e. The smallest absolute Gasteiger partial charge is 0.311 e. The van der Waals surface area contributed by atoms with E-state index in [0.29, 0.717) is 31.5 Å². The van der Waals surface area contributed by atoms with E-state index >= 15 is 0 Å². The number of piperidine rings is 1. The molecule has 4 nitrogen and oxygen atoms in total. The van der Waals surface area contributed by atoms with E-state index in [0.717, 1.165) is 9.99 Å². The van der Waals surface area contributed by atoms with Gasteiger partial charge in [0.2, 0.25) is 0 Å². The number of hydrogen-bond acceptors (Lipinski definition) is 2. The van der Waals surface area contributed by atoms with E-state index in [1.807, 2.05) is 19.1 Å². The van der Waals surface area contributed by atoms with E-state index < -0.39 is 11.4 Å². The molecule has 1 aromatic rings. The molecule has 0 aromatic heterocycles. The minimum absolute atomic E-state index is 0.0693. The van der Waals surface area contributed by atoms with Crippen molar-refractivity contribution in [2.45, 2.75) is 26.2 Å². The Labute approximate surface area is 132 Å². The Bertz CT molecular complexity index is 514. The minimum atomic E-state index is -0.792. The number of rotatable bonds is 3. The summed E-state index contributed by atoms with van der Waals surface area (Å²) < 4.78 is 1.08. The second-order valence-corrected chi connectivity index (χ2v) is 6.52. The van der Waals surface area contributed by atoms with Crippen LogP contribution < -0.4 is 0 Å². The van der Waals surface area contributed by atoms with Gasteiger partial charge in [0, 0.05) is 22.2 Å². The molecule has 1 N–H and O–H groups in total. The molecule has 1 heterocycles. The van der Waals surface area contributed by atoms with Gasteiger partial charge in [0.25, 0.3) is 5.91 Å². The van der Waals surface area contributed by atoms with Crippen LogP contribution in [-0.4, -0.2) is 35.0 Å². The van der Waals surface area contributed by atoms with Crippen LogP contribution in [0.15, 0.2) is 24.3 Å². The van der Waals surface area contributed by atoms with Crippen molar-refractivity contribution in [2.24, 2.45) is 5.41 Å². The number of amides is 1. The van der Waals surface area contributed by atoms with Gasteiger partial charge in [0.15, 0.2) is 0 Å². The lowest BCUT2D eigenvalue weighted by molar-refractivity contribution is -0.152. The van der Waals surface area contributed by atoms with E-state index in [9.17, 15) is 14.7 Å². The Morgan fingerprint density at radius 2 is 2.00 bits per heavy atom. The van der Waals surface area contributed by atoms with Crippen molar-refractivity contribution in [2.75, 3.05) is 13.1 Å². The van der Waals surface area contributed by atoms with Gasteiger partial charge in [-0.15, -0.1) is 0 Å². The highest BCUT2D eigenvalue weighted by atomic mass is 127. The van der Waals surface area contributed by atoms with Gasteiger partial charge in [-0.25, -0.2) is 0 Å². The summed E-state index contributed by atoms with van der Waals surface area (Å²) in [5.41, 5.74) is -0.153. The number of aliphatic carboxylic acids is 1. The first-order valence-electron chi connectivity index (χ1n) is 6.77. The Balaban J connectivity index is 2.18. The summed E-state index contributed by atoms with van der Waals surface area (Å²) in [5.74, 6) is -0.861. The van der Waals surface area contributed by atoms with E-state index in [-0.39, 0.29) is 5.91 Å². The number of benzene rings is 1. The zero-order valence-corrected chi connectivity index (χ0v) is 13.6. The molecule has 0 bridgehead atoms. The highest BCUT2D eigenvalue weighted by molar-refractivity contribution is 14.1. The monoisotopic (exact) mass is 387 g/mol. The zero-order valence-electron chi connectivity index (χ0n) is 11.4. The van der Waals surface area contributed by atoms with Gasteiger partial charge in [0.05, 0.1) is 5.41 Å². The van der Waals surface area contributed by atoms with Crippen molar-refractivity contribution in [3.63, 3.8) is 0 Å². The van der Waals surface area contributed by atoms with Gasteiger partial charge in [-0.2, -0.15) is 0 Å². The van der Waals surface area contributed by atoms with Gasteiger partial charge in [0.1, 0.15) is 0 Å². The van der Waals surface area contributed by atoms with Crippen molar-refractivity contribution in [3.05, 3.63) is 33.4 Å². The molecule has 1 atom stereocenters. The number of hydrogen-bond donors (Lipinski definition) is 1. The molecule has 108 valence electrons. The summed E-state index contributed by atoms with van der Waals surface area (Å²) in [7, 11) is 0. The Hall–Kier alpha value is -1.11. The summed E-state index contributed by atoms with van der Waals surface area (Å²) in [6.07, 6.45) is 1.95. The fourth-order valence-electron chi connectivity index (χ4n) is 2.69. The van der Waals surface area contributed by atoms with Crippen molar-refractivity contribution in [1.29, 1.82) is 0 Å².